The highest BCUT2D eigenvalue weighted by Crippen LogP contribution is 2.21. The first kappa shape index (κ1) is 16.7. The van der Waals surface area contributed by atoms with Crippen LogP contribution in [-0.4, -0.2) is 22.1 Å². The Bertz CT molecular complexity index is 888. The number of pyridine rings is 1. The van der Waals surface area contributed by atoms with Gasteiger partial charge in [0, 0.05) is 30.3 Å². The molecule has 128 valence electrons. The minimum absolute atomic E-state index is 0.290. The molecule has 6 heteroatoms. The van der Waals surface area contributed by atoms with Crippen LogP contribution in [0.1, 0.15) is 22.8 Å². The summed E-state index contributed by atoms with van der Waals surface area (Å²) in [6.07, 6.45) is 5.27. The zero-order chi connectivity index (χ0) is 17.8. The third kappa shape index (κ3) is 3.85. The predicted molar refractivity (Wildman–Crippen MR) is 93.9 cm³/mol. The summed E-state index contributed by atoms with van der Waals surface area (Å²) in [6, 6.07) is 9.64. The lowest BCUT2D eigenvalue weighted by Gasteiger charge is -2.11. The minimum Gasteiger partial charge on any atom is -0.462 e. The molecule has 0 aliphatic rings. The van der Waals surface area contributed by atoms with E-state index in [9.17, 15) is 9.18 Å². The highest BCUT2D eigenvalue weighted by molar-refractivity contribution is 5.89. The molecule has 3 rings (SSSR count). The number of carbonyl (C=O) groups excluding carboxylic acids is 1. The van der Waals surface area contributed by atoms with Crippen LogP contribution in [0.3, 0.4) is 0 Å². The van der Waals surface area contributed by atoms with E-state index in [1.54, 1.807) is 43.7 Å². The van der Waals surface area contributed by atoms with E-state index in [1.165, 1.54) is 12.1 Å². The minimum atomic E-state index is -0.349. The number of benzene rings is 1. The van der Waals surface area contributed by atoms with Crippen molar-refractivity contribution < 1.29 is 13.9 Å². The van der Waals surface area contributed by atoms with Gasteiger partial charge in [0.15, 0.2) is 0 Å². The van der Waals surface area contributed by atoms with Crippen LogP contribution in [0.25, 0.3) is 5.69 Å². The molecule has 0 aliphatic carbocycles. The van der Waals surface area contributed by atoms with Crippen LogP contribution in [0.2, 0.25) is 0 Å². The molecule has 0 bridgehead atoms. The summed E-state index contributed by atoms with van der Waals surface area (Å²) >= 11 is 0. The van der Waals surface area contributed by atoms with Crippen molar-refractivity contribution in [3.8, 4) is 5.69 Å². The average molecular weight is 339 g/mol. The van der Waals surface area contributed by atoms with Crippen LogP contribution in [0.5, 0.6) is 0 Å². The Morgan fingerprint density at radius 3 is 2.76 bits per heavy atom. The van der Waals surface area contributed by atoms with E-state index in [1.807, 2.05) is 17.6 Å². The number of anilines is 2. The molecule has 0 unspecified atom stereocenters. The fourth-order valence-corrected chi connectivity index (χ4v) is 2.42. The maximum absolute atomic E-state index is 13.0. The Morgan fingerprint density at radius 2 is 2.04 bits per heavy atom. The first-order valence-electron chi connectivity index (χ1n) is 7.91. The van der Waals surface area contributed by atoms with E-state index in [4.69, 9.17) is 4.74 Å². The third-order valence-electron chi connectivity index (χ3n) is 3.67. The lowest BCUT2D eigenvalue weighted by molar-refractivity contribution is 0.0526. The molecule has 25 heavy (non-hydrogen) atoms. The third-order valence-corrected chi connectivity index (χ3v) is 3.67. The van der Waals surface area contributed by atoms with Crippen LogP contribution < -0.4 is 5.32 Å². The van der Waals surface area contributed by atoms with Gasteiger partial charge in [-0.15, -0.1) is 0 Å². The Kier molecular flexibility index (Phi) is 4.79. The number of rotatable bonds is 5. The molecular formula is C19H18FN3O2. The number of carbonyl (C=O) groups is 1. The maximum Gasteiger partial charge on any atom is 0.339 e. The van der Waals surface area contributed by atoms with Gasteiger partial charge in [-0.05, 0) is 49.7 Å². The van der Waals surface area contributed by atoms with E-state index < -0.39 is 0 Å². The van der Waals surface area contributed by atoms with Crippen molar-refractivity contribution in [1.29, 1.82) is 0 Å². The normalized spacial score (nSPS) is 10.5. The second kappa shape index (κ2) is 7.17. The molecule has 0 fully saturated rings. The van der Waals surface area contributed by atoms with Crippen LogP contribution in [0.15, 0.2) is 55.0 Å². The zero-order valence-electron chi connectivity index (χ0n) is 14.0. The summed E-state index contributed by atoms with van der Waals surface area (Å²) in [5.41, 5.74) is 3.07. The molecule has 0 atom stereocenters. The second-order valence-corrected chi connectivity index (χ2v) is 5.52. The summed E-state index contributed by atoms with van der Waals surface area (Å²) in [6.45, 7) is 4.05. The first-order valence-corrected chi connectivity index (χ1v) is 7.91. The van der Waals surface area contributed by atoms with Crippen molar-refractivity contribution in [2.45, 2.75) is 13.8 Å². The van der Waals surface area contributed by atoms with E-state index in [0.717, 1.165) is 16.9 Å². The highest BCUT2D eigenvalue weighted by Gasteiger charge is 2.11. The number of hydrogen-bond donors (Lipinski definition) is 1. The number of halogens is 1. The fraction of sp³-hybridized carbons (Fsp3) is 0.158. The molecule has 2 aromatic heterocycles. The van der Waals surface area contributed by atoms with E-state index in [0.29, 0.717) is 18.0 Å². The molecule has 0 saturated carbocycles. The van der Waals surface area contributed by atoms with Crippen molar-refractivity contribution in [3.63, 3.8) is 0 Å². The van der Waals surface area contributed by atoms with Gasteiger partial charge >= 0.3 is 5.97 Å². The summed E-state index contributed by atoms with van der Waals surface area (Å²) in [5, 5.41) is 3.14. The number of esters is 1. The van der Waals surface area contributed by atoms with Gasteiger partial charge in [0.1, 0.15) is 11.6 Å². The monoisotopic (exact) mass is 339 g/mol. The zero-order valence-corrected chi connectivity index (χ0v) is 14.0. The molecule has 0 aliphatic heterocycles. The molecular weight excluding hydrogens is 321 g/mol. The Labute approximate surface area is 145 Å². The summed E-state index contributed by atoms with van der Waals surface area (Å²) in [5.74, 6) is -0.0156. The summed E-state index contributed by atoms with van der Waals surface area (Å²) < 4.78 is 19.9. The molecule has 1 aromatic carbocycles. The van der Waals surface area contributed by atoms with Gasteiger partial charge in [-0.25, -0.2) is 14.2 Å². The van der Waals surface area contributed by atoms with Gasteiger partial charge in [0.25, 0.3) is 0 Å². The Morgan fingerprint density at radius 1 is 1.28 bits per heavy atom. The molecule has 0 saturated heterocycles. The number of nitrogens with zero attached hydrogens (tertiary/aromatic N) is 2. The van der Waals surface area contributed by atoms with E-state index >= 15 is 0 Å². The van der Waals surface area contributed by atoms with Crippen molar-refractivity contribution in [2.24, 2.45) is 0 Å². The van der Waals surface area contributed by atoms with E-state index in [-0.39, 0.29) is 11.8 Å². The molecule has 0 radical (unpaired) electrons. The molecule has 5 nitrogen and oxygen atoms in total. The van der Waals surface area contributed by atoms with Gasteiger partial charge in [0.05, 0.1) is 17.9 Å². The Balaban J connectivity index is 1.86. The van der Waals surface area contributed by atoms with Gasteiger partial charge in [0.2, 0.25) is 0 Å². The van der Waals surface area contributed by atoms with Crippen LogP contribution in [0, 0.1) is 12.7 Å². The first-order chi connectivity index (χ1) is 12.1. The van der Waals surface area contributed by atoms with Gasteiger partial charge in [-0.3, -0.25) is 0 Å². The Hall–Kier alpha value is -3.15. The summed E-state index contributed by atoms with van der Waals surface area (Å²) in [7, 11) is 0. The lowest BCUT2D eigenvalue weighted by Crippen LogP contribution is -2.03. The van der Waals surface area contributed by atoms with Crippen molar-refractivity contribution in [3.05, 3.63) is 71.9 Å². The topological polar surface area (TPSA) is 56.1 Å². The smallest absolute Gasteiger partial charge is 0.339 e. The molecule has 1 N–H and O–H groups in total. The standard InChI is InChI=1S/C19H18FN3O2/c1-3-25-19(24)14-8-9-23(12-14)17-10-18(21-11-13(17)2)22-16-6-4-15(20)5-7-16/h4-12H,3H2,1-2H3,(H,21,22). The number of nitrogens with one attached hydrogen (secondary N) is 1. The van der Waals surface area contributed by atoms with Gasteiger partial charge < -0.3 is 14.6 Å². The van der Waals surface area contributed by atoms with Crippen molar-refractivity contribution in [1.82, 2.24) is 9.55 Å². The number of aromatic nitrogens is 2. The van der Waals surface area contributed by atoms with Crippen molar-refractivity contribution in [2.75, 3.05) is 11.9 Å². The van der Waals surface area contributed by atoms with Crippen molar-refractivity contribution >= 4 is 17.5 Å². The van der Waals surface area contributed by atoms with Gasteiger partial charge in [-0.2, -0.15) is 0 Å². The SMILES string of the molecule is CCOC(=O)c1ccn(-c2cc(Nc3ccc(F)cc3)ncc2C)c1. The molecule has 0 spiro atoms. The fourth-order valence-electron chi connectivity index (χ4n) is 2.42. The number of aryl methyl sites for hydroxylation is 1. The number of ether oxygens (including phenoxy) is 1. The van der Waals surface area contributed by atoms with Gasteiger partial charge in [-0.1, -0.05) is 0 Å². The lowest BCUT2D eigenvalue weighted by atomic mass is 10.2. The quantitative estimate of drug-likeness (QED) is 0.707. The van der Waals surface area contributed by atoms with Crippen LogP contribution in [-0.2, 0) is 4.74 Å². The molecule has 2 heterocycles. The second-order valence-electron chi connectivity index (χ2n) is 5.52. The predicted octanol–water partition coefficient (Wildman–Crippen LogP) is 4.24. The van der Waals surface area contributed by atoms with Crippen LogP contribution in [0.4, 0.5) is 15.9 Å². The summed E-state index contributed by atoms with van der Waals surface area (Å²) in [4.78, 5) is 16.2. The average Bonchev–Trinajstić information content (AvgIpc) is 3.09. The van der Waals surface area contributed by atoms with E-state index in [2.05, 4.69) is 10.3 Å². The van der Waals surface area contributed by atoms with Crippen LogP contribution >= 0.6 is 0 Å². The largest absolute Gasteiger partial charge is 0.462 e. The molecule has 0 amide bonds. The number of hydrogen-bond acceptors (Lipinski definition) is 4. The maximum atomic E-state index is 13.0. The molecule has 3 aromatic rings. The highest BCUT2D eigenvalue weighted by atomic mass is 19.1.